The standard InChI is InChI=1S/C33H24NO5/c1-36-28-13-12-23-16-27-30-24(14-15-34(27)18-26(23)32(28)37-2)33-29(38-19-39-33)17-25(30)31(35)22-10-8-21(9-11-22)20-6-4-3-5-7-20/h3-18H,19H2,1-2H3/q+1. The number of carbonyl (C=O) groups excluding carboxylic acids is 1. The predicted molar refractivity (Wildman–Crippen MR) is 149 cm³/mol. The third kappa shape index (κ3) is 3.64. The number of fused-ring (bicyclic) bond motifs is 6. The van der Waals surface area contributed by atoms with E-state index in [2.05, 4.69) is 18.2 Å². The Kier molecular flexibility index (Phi) is 5.33. The van der Waals surface area contributed by atoms with Crippen LogP contribution >= 0.6 is 0 Å². The number of carbonyl (C=O) groups is 1. The first kappa shape index (κ1) is 23.0. The van der Waals surface area contributed by atoms with Gasteiger partial charge in [-0.1, -0.05) is 54.6 Å². The minimum atomic E-state index is -0.0848. The predicted octanol–water partition coefficient (Wildman–Crippen LogP) is 6.38. The molecule has 6 nitrogen and oxygen atoms in total. The first-order valence-electron chi connectivity index (χ1n) is 12.6. The number of hydrogen-bond donors (Lipinski definition) is 0. The molecule has 0 spiro atoms. The van der Waals surface area contributed by atoms with Crippen LogP contribution in [0.15, 0.2) is 97.3 Å². The lowest BCUT2D eigenvalue weighted by Gasteiger charge is -2.12. The molecule has 6 aromatic rings. The van der Waals surface area contributed by atoms with Crippen LogP contribution in [-0.4, -0.2) is 26.8 Å². The van der Waals surface area contributed by atoms with Crippen molar-refractivity contribution < 1.29 is 28.1 Å². The van der Waals surface area contributed by atoms with Gasteiger partial charge in [0.25, 0.3) is 0 Å². The van der Waals surface area contributed by atoms with Gasteiger partial charge in [-0.15, -0.1) is 0 Å². The Balaban J connectivity index is 1.45. The van der Waals surface area contributed by atoms with Crippen molar-refractivity contribution in [3.63, 3.8) is 0 Å². The molecular formula is C33H24NO5+. The van der Waals surface area contributed by atoms with E-state index in [0.29, 0.717) is 34.1 Å². The monoisotopic (exact) mass is 514 g/mol. The summed E-state index contributed by atoms with van der Waals surface area (Å²) in [6, 6.07) is 27.6. The molecule has 190 valence electrons. The molecule has 2 aromatic heterocycles. The van der Waals surface area contributed by atoms with Crippen LogP contribution in [0.2, 0.25) is 0 Å². The summed E-state index contributed by atoms with van der Waals surface area (Å²) < 4.78 is 24.8. The summed E-state index contributed by atoms with van der Waals surface area (Å²) in [4.78, 5) is 14.1. The molecule has 7 rings (SSSR count). The van der Waals surface area contributed by atoms with E-state index in [-0.39, 0.29) is 12.6 Å². The van der Waals surface area contributed by atoms with Gasteiger partial charge in [-0.2, -0.15) is 4.40 Å². The van der Waals surface area contributed by atoms with E-state index in [0.717, 1.165) is 38.2 Å². The van der Waals surface area contributed by atoms with Gasteiger partial charge in [0.05, 0.1) is 25.0 Å². The first-order chi connectivity index (χ1) is 19.2. The van der Waals surface area contributed by atoms with Crippen LogP contribution in [0.25, 0.3) is 38.2 Å². The molecule has 0 fully saturated rings. The summed E-state index contributed by atoms with van der Waals surface area (Å²) >= 11 is 0. The van der Waals surface area contributed by atoms with Crippen LogP contribution in [0, 0.1) is 0 Å². The highest BCUT2D eigenvalue weighted by atomic mass is 16.7. The molecule has 0 radical (unpaired) electrons. The number of ether oxygens (including phenoxy) is 4. The Morgan fingerprint density at radius 3 is 2.38 bits per heavy atom. The third-order valence-electron chi connectivity index (χ3n) is 7.31. The summed E-state index contributed by atoms with van der Waals surface area (Å²) in [5.41, 5.74) is 4.18. The third-order valence-corrected chi connectivity index (χ3v) is 7.31. The van der Waals surface area contributed by atoms with Crippen LogP contribution in [0.4, 0.5) is 0 Å². The lowest BCUT2D eigenvalue weighted by molar-refractivity contribution is -0.509. The van der Waals surface area contributed by atoms with Crippen molar-refractivity contribution in [2.75, 3.05) is 21.0 Å². The van der Waals surface area contributed by atoms with Gasteiger partial charge in [-0.05, 0) is 34.7 Å². The molecule has 0 saturated carbocycles. The zero-order valence-electron chi connectivity index (χ0n) is 21.4. The van der Waals surface area contributed by atoms with E-state index in [4.69, 9.17) is 18.9 Å². The Morgan fingerprint density at radius 2 is 1.62 bits per heavy atom. The van der Waals surface area contributed by atoms with Crippen molar-refractivity contribution in [3.05, 3.63) is 108 Å². The topological polar surface area (TPSA) is 58.1 Å². The van der Waals surface area contributed by atoms with E-state index >= 15 is 0 Å². The summed E-state index contributed by atoms with van der Waals surface area (Å²) in [5.74, 6) is 2.45. The highest BCUT2D eigenvalue weighted by Crippen LogP contribution is 2.43. The van der Waals surface area contributed by atoms with Gasteiger partial charge < -0.3 is 18.9 Å². The van der Waals surface area contributed by atoms with Gasteiger partial charge in [0.15, 0.2) is 41.2 Å². The molecular weight excluding hydrogens is 490 g/mol. The molecule has 3 heterocycles. The number of aromatic nitrogens is 1. The molecule has 0 aliphatic carbocycles. The Bertz CT molecular complexity index is 1910. The molecule has 1 aliphatic heterocycles. The fourth-order valence-corrected chi connectivity index (χ4v) is 5.42. The second-order valence-corrected chi connectivity index (χ2v) is 9.40. The second kappa shape index (κ2) is 9.03. The first-order valence-corrected chi connectivity index (χ1v) is 12.6. The SMILES string of the molecule is COc1ccc2cc3c4c(C(=O)c5ccc(-c6ccccc6)cc5)cc5c(c4cc[n+]3cc2c1OC)OCO5. The molecule has 39 heavy (non-hydrogen) atoms. The molecule has 4 aromatic carbocycles. The van der Waals surface area contributed by atoms with Crippen molar-refractivity contribution in [2.24, 2.45) is 0 Å². The van der Waals surface area contributed by atoms with Crippen LogP contribution in [-0.2, 0) is 0 Å². The maximum absolute atomic E-state index is 14.1. The molecule has 0 bridgehead atoms. The van der Waals surface area contributed by atoms with E-state index in [1.807, 2.05) is 77.5 Å². The molecule has 0 amide bonds. The number of benzene rings is 4. The fraction of sp³-hybridized carbons (Fsp3) is 0.0909. The van der Waals surface area contributed by atoms with Gasteiger partial charge >= 0.3 is 0 Å². The lowest BCUT2D eigenvalue weighted by Crippen LogP contribution is -2.21. The number of methoxy groups -OCH3 is 2. The molecule has 0 saturated heterocycles. The van der Waals surface area contributed by atoms with Gasteiger partial charge in [-0.3, -0.25) is 4.79 Å². The van der Waals surface area contributed by atoms with Crippen molar-refractivity contribution in [2.45, 2.75) is 0 Å². The largest absolute Gasteiger partial charge is 0.493 e. The summed E-state index contributed by atoms with van der Waals surface area (Å²) in [5, 5.41) is 3.49. The average Bonchev–Trinajstić information content (AvgIpc) is 3.48. The van der Waals surface area contributed by atoms with Gasteiger partial charge in [0.1, 0.15) is 0 Å². The maximum Gasteiger partial charge on any atom is 0.231 e. The Hall–Kier alpha value is -5.10. The van der Waals surface area contributed by atoms with Gasteiger partial charge in [0.2, 0.25) is 12.3 Å². The van der Waals surface area contributed by atoms with Crippen LogP contribution in [0.5, 0.6) is 23.0 Å². The molecule has 1 aliphatic rings. The van der Waals surface area contributed by atoms with Gasteiger partial charge in [-0.25, -0.2) is 0 Å². The van der Waals surface area contributed by atoms with E-state index in [1.54, 1.807) is 20.3 Å². The zero-order chi connectivity index (χ0) is 26.5. The van der Waals surface area contributed by atoms with Crippen LogP contribution in [0.1, 0.15) is 15.9 Å². The number of rotatable bonds is 5. The number of ketones is 1. The smallest absolute Gasteiger partial charge is 0.231 e. The van der Waals surface area contributed by atoms with E-state index < -0.39 is 0 Å². The van der Waals surface area contributed by atoms with Crippen molar-refractivity contribution in [1.82, 2.24) is 0 Å². The van der Waals surface area contributed by atoms with E-state index in [1.165, 1.54) is 0 Å². The molecule has 0 unspecified atom stereocenters. The Labute approximate surface area is 224 Å². The molecule has 6 heteroatoms. The normalized spacial score (nSPS) is 12.3. The number of nitrogens with zero attached hydrogens (tertiary/aromatic N) is 1. The van der Waals surface area contributed by atoms with Crippen LogP contribution < -0.4 is 23.3 Å². The summed E-state index contributed by atoms with van der Waals surface area (Å²) in [7, 11) is 3.26. The quantitative estimate of drug-likeness (QED) is 0.116. The zero-order valence-corrected chi connectivity index (χ0v) is 21.4. The van der Waals surface area contributed by atoms with Crippen molar-refractivity contribution in [3.8, 4) is 34.1 Å². The van der Waals surface area contributed by atoms with Crippen LogP contribution in [0.3, 0.4) is 0 Å². The molecule has 0 atom stereocenters. The minimum Gasteiger partial charge on any atom is -0.493 e. The maximum atomic E-state index is 14.1. The number of pyridine rings is 2. The summed E-state index contributed by atoms with van der Waals surface area (Å²) in [6.07, 6.45) is 3.96. The highest BCUT2D eigenvalue weighted by Gasteiger charge is 2.27. The Morgan fingerprint density at radius 1 is 0.821 bits per heavy atom. The second-order valence-electron chi connectivity index (χ2n) is 9.40. The highest BCUT2D eigenvalue weighted by molar-refractivity contribution is 6.21. The fourth-order valence-electron chi connectivity index (χ4n) is 5.42. The minimum absolute atomic E-state index is 0.0848. The average molecular weight is 515 g/mol. The van der Waals surface area contributed by atoms with E-state index in [9.17, 15) is 4.79 Å². The lowest BCUT2D eigenvalue weighted by atomic mass is 9.94. The summed E-state index contributed by atoms with van der Waals surface area (Å²) in [6.45, 7) is 0.119. The van der Waals surface area contributed by atoms with Crippen molar-refractivity contribution >= 4 is 32.8 Å². The van der Waals surface area contributed by atoms with Gasteiger partial charge in [0, 0.05) is 28.6 Å². The molecule has 0 N–H and O–H groups in total. The van der Waals surface area contributed by atoms with Crippen molar-refractivity contribution in [1.29, 1.82) is 0 Å². The number of hydrogen-bond acceptors (Lipinski definition) is 5.